The van der Waals surface area contributed by atoms with E-state index in [1.54, 1.807) is 6.20 Å². The van der Waals surface area contributed by atoms with Crippen molar-refractivity contribution in [2.45, 2.75) is 26.3 Å². The second-order valence-electron chi connectivity index (χ2n) is 3.08. The average Bonchev–Trinajstić information content (AvgIpc) is 2.19. The first kappa shape index (κ1) is 10.7. The molecule has 3 heteroatoms. The molecule has 1 unspecified atom stereocenters. The zero-order chi connectivity index (χ0) is 10.4. The van der Waals surface area contributed by atoms with Crippen LogP contribution in [0.5, 0.6) is 0 Å². The molecule has 1 heterocycles. The van der Waals surface area contributed by atoms with Gasteiger partial charge >= 0.3 is 0 Å². The predicted octanol–water partition coefficient (Wildman–Crippen LogP) is 1.31. The van der Waals surface area contributed by atoms with Gasteiger partial charge in [0.05, 0.1) is 6.04 Å². The van der Waals surface area contributed by atoms with Gasteiger partial charge in [-0.3, -0.25) is 16.3 Å². The molecule has 1 rings (SSSR count). The number of hydrogen-bond donors (Lipinski definition) is 2. The summed E-state index contributed by atoms with van der Waals surface area (Å²) in [6, 6.07) is 4.06. The lowest BCUT2D eigenvalue weighted by molar-refractivity contribution is 0.567. The Balaban J connectivity index is 2.81. The topological polar surface area (TPSA) is 50.9 Å². The number of nitrogens with one attached hydrogen (secondary N) is 1. The molecular weight excluding hydrogens is 174 g/mol. The average molecular weight is 189 g/mol. The number of aryl methyl sites for hydroxylation is 1. The molecule has 0 aliphatic rings. The van der Waals surface area contributed by atoms with Crippen LogP contribution in [0.4, 0.5) is 0 Å². The molecule has 0 bridgehead atoms. The van der Waals surface area contributed by atoms with Crippen LogP contribution in [0.25, 0.3) is 0 Å². The number of hydrazine groups is 1. The minimum absolute atomic E-state index is 0.0872. The first-order valence-electron chi connectivity index (χ1n) is 4.56. The van der Waals surface area contributed by atoms with Gasteiger partial charge in [-0.15, -0.1) is 11.8 Å². The highest BCUT2D eigenvalue weighted by Crippen LogP contribution is 2.14. The monoisotopic (exact) mass is 189 g/mol. The fourth-order valence-electron chi connectivity index (χ4n) is 1.26. The molecule has 14 heavy (non-hydrogen) atoms. The fourth-order valence-corrected chi connectivity index (χ4v) is 1.26. The van der Waals surface area contributed by atoms with Crippen LogP contribution in [0.1, 0.15) is 30.6 Å². The third-order valence-electron chi connectivity index (χ3n) is 2.01. The van der Waals surface area contributed by atoms with E-state index in [2.05, 4.69) is 22.3 Å². The lowest BCUT2D eigenvalue weighted by atomic mass is 10.1. The van der Waals surface area contributed by atoms with Gasteiger partial charge in [0.1, 0.15) is 0 Å². The van der Waals surface area contributed by atoms with E-state index in [-0.39, 0.29) is 6.04 Å². The maximum absolute atomic E-state index is 5.46. The van der Waals surface area contributed by atoms with E-state index < -0.39 is 0 Å². The van der Waals surface area contributed by atoms with Gasteiger partial charge in [-0.2, -0.15) is 0 Å². The normalized spacial score (nSPS) is 11.6. The van der Waals surface area contributed by atoms with Crippen LogP contribution in [-0.4, -0.2) is 4.98 Å². The van der Waals surface area contributed by atoms with Gasteiger partial charge in [0, 0.05) is 18.3 Å². The molecule has 1 aromatic rings. The summed E-state index contributed by atoms with van der Waals surface area (Å²) in [5, 5.41) is 0. The quantitative estimate of drug-likeness (QED) is 0.428. The van der Waals surface area contributed by atoms with Crippen molar-refractivity contribution in [3.8, 4) is 11.8 Å². The van der Waals surface area contributed by atoms with Crippen LogP contribution in [-0.2, 0) is 0 Å². The van der Waals surface area contributed by atoms with Gasteiger partial charge in [-0.1, -0.05) is 0 Å². The number of rotatable bonds is 3. The Morgan fingerprint density at radius 2 is 2.43 bits per heavy atom. The lowest BCUT2D eigenvalue weighted by Gasteiger charge is -2.13. The molecule has 0 radical (unpaired) electrons. The van der Waals surface area contributed by atoms with Crippen molar-refractivity contribution < 1.29 is 0 Å². The Morgan fingerprint density at radius 3 is 3.00 bits per heavy atom. The van der Waals surface area contributed by atoms with E-state index in [0.717, 1.165) is 17.7 Å². The Hall–Kier alpha value is -1.37. The molecule has 74 valence electrons. The number of aromatic nitrogens is 1. The second kappa shape index (κ2) is 5.38. The number of pyridine rings is 1. The van der Waals surface area contributed by atoms with Crippen LogP contribution < -0.4 is 11.3 Å². The van der Waals surface area contributed by atoms with Gasteiger partial charge in [0.25, 0.3) is 0 Å². The van der Waals surface area contributed by atoms with Crippen molar-refractivity contribution in [1.29, 1.82) is 0 Å². The molecule has 1 aromatic heterocycles. The summed E-state index contributed by atoms with van der Waals surface area (Å²) in [5.41, 5.74) is 4.87. The summed E-state index contributed by atoms with van der Waals surface area (Å²) in [4.78, 5) is 4.13. The molecule has 3 nitrogen and oxygen atoms in total. The molecular formula is C11H15N3. The summed E-state index contributed by atoms with van der Waals surface area (Å²) in [7, 11) is 0. The lowest BCUT2D eigenvalue weighted by Crippen LogP contribution is -2.27. The Morgan fingerprint density at radius 1 is 1.64 bits per heavy atom. The Kier molecular flexibility index (Phi) is 4.11. The van der Waals surface area contributed by atoms with E-state index >= 15 is 0 Å². The molecule has 0 aliphatic heterocycles. The Bertz CT molecular complexity index is 349. The number of nitrogens with zero attached hydrogens (tertiary/aromatic N) is 1. The summed E-state index contributed by atoms with van der Waals surface area (Å²) >= 11 is 0. The van der Waals surface area contributed by atoms with Crippen molar-refractivity contribution in [1.82, 2.24) is 10.4 Å². The standard InChI is InChI=1S/C11H15N3/c1-3-4-5-11(14-12)10-6-7-13-9(2)8-10/h6-8,11,14H,5,12H2,1-2H3. The van der Waals surface area contributed by atoms with E-state index in [4.69, 9.17) is 5.84 Å². The van der Waals surface area contributed by atoms with Crippen molar-refractivity contribution in [3.05, 3.63) is 29.6 Å². The molecule has 0 spiro atoms. The van der Waals surface area contributed by atoms with Gasteiger partial charge in [0.15, 0.2) is 0 Å². The van der Waals surface area contributed by atoms with Crippen molar-refractivity contribution in [2.75, 3.05) is 0 Å². The number of hydrogen-bond acceptors (Lipinski definition) is 3. The van der Waals surface area contributed by atoms with Crippen LogP contribution in [0.15, 0.2) is 18.3 Å². The van der Waals surface area contributed by atoms with Gasteiger partial charge in [-0.25, -0.2) is 0 Å². The third-order valence-corrected chi connectivity index (χ3v) is 2.01. The SMILES string of the molecule is CC#CCC(NN)c1ccnc(C)c1. The Labute approximate surface area is 84.7 Å². The highest BCUT2D eigenvalue weighted by Gasteiger charge is 2.07. The zero-order valence-corrected chi connectivity index (χ0v) is 8.54. The molecule has 0 saturated carbocycles. The highest BCUT2D eigenvalue weighted by molar-refractivity contribution is 5.21. The largest absolute Gasteiger partial charge is 0.271 e. The summed E-state index contributed by atoms with van der Waals surface area (Å²) in [6.45, 7) is 3.79. The first-order chi connectivity index (χ1) is 6.77. The first-order valence-corrected chi connectivity index (χ1v) is 4.56. The molecule has 0 amide bonds. The number of nitrogens with two attached hydrogens (primary N) is 1. The smallest absolute Gasteiger partial charge is 0.0570 e. The maximum atomic E-state index is 5.46. The molecule has 0 fully saturated rings. The van der Waals surface area contributed by atoms with E-state index in [1.807, 2.05) is 26.0 Å². The van der Waals surface area contributed by atoms with E-state index in [9.17, 15) is 0 Å². The van der Waals surface area contributed by atoms with E-state index in [0.29, 0.717) is 0 Å². The van der Waals surface area contributed by atoms with Crippen molar-refractivity contribution in [3.63, 3.8) is 0 Å². The van der Waals surface area contributed by atoms with Crippen LogP contribution in [0.2, 0.25) is 0 Å². The molecule has 0 aliphatic carbocycles. The van der Waals surface area contributed by atoms with Gasteiger partial charge < -0.3 is 0 Å². The van der Waals surface area contributed by atoms with Crippen LogP contribution in [0.3, 0.4) is 0 Å². The van der Waals surface area contributed by atoms with Crippen LogP contribution >= 0.6 is 0 Å². The molecule has 0 aromatic carbocycles. The molecule has 1 atom stereocenters. The van der Waals surface area contributed by atoms with E-state index in [1.165, 1.54) is 0 Å². The van der Waals surface area contributed by atoms with Crippen molar-refractivity contribution >= 4 is 0 Å². The summed E-state index contributed by atoms with van der Waals surface area (Å²) in [6.07, 6.45) is 2.50. The predicted molar refractivity (Wildman–Crippen MR) is 57.1 cm³/mol. The van der Waals surface area contributed by atoms with Crippen molar-refractivity contribution in [2.24, 2.45) is 5.84 Å². The summed E-state index contributed by atoms with van der Waals surface area (Å²) < 4.78 is 0. The highest BCUT2D eigenvalue weighted by atomic mass is 15.2. The maximum Gasteiger partial charge on any atom is 0.0570 e. The van der Waals surface area contributed by atoms with Gasteiger partial charge in [0.2, 0.25) is 0 Å². The zero-order valence-electron chi connectivity index (χ0n) is 8.54. The molecule has 3 N–H and O–H groups in total. The second-order valence-corrected chi connectivity index (χ2v) is 3.08. The van der Waals surface area contributed by atoms with Gasteiger partial charge in [-0.05, 0) is 31.5 Å². The van der Waals surface area contributed by atoms with Crippen LogP contribution in [0, 0.1) is 18.8 Å². The minimum Gasteiger partial charge on any atom is -0.271 e. The summed E-state index contributed by atoms with van der Waals surface area (Å²) in [5.74, 6) is 11.3. The molecule has 0 saturated heterocycles. The minimum atomic E-state index is 0.0872. The fraction of sp³-hybridized carbons (Fsp3) is 0.364. The third kappa shape index (κ3) is 2.84.